The van der Waals surface area contributed by atoms with Gasteiger partial charge in [-0.05, 0) is 18.6 Å². The molecule has 0 aliphatic carbocycles. The molecular weight excluding hydrogens is 280 g/mol. The molecule has 0 fully saturated rings. The number of hydrogen-bond acceptors (Lipinski definition) is 3. The summed E-state index contributed by atoms with van der Waals surface area (Å²) in [6.45, 7) is 6.81. The van der Waals surface area contributed by atoms with Crippen LogP contribution in [-0.2, 0) is 4.74 Å². The average Bonchev–Trinajstić information content (AvgIpc) is 2.54. The highest BCUT2D eigenvalue weighted by molar-refractivity contribution is 6.02. The van der Waals surface area contributed by atoms with Gasteiger partial charge in [0.15, 0.2) is 0 Å². The van der Waals surface area contributed by atoms with Crippen LogP contribution in [0.2, 0.25) is 0 Å². The van der Waals surface area contributed by atoms with Crippen LogP contribution in [0.5, 0.6) is 0 Å². The highest BCUT2D eigenvalue weighted by Gasteiger charge is 2.16. The zero-order valence-corrected chi connectivity index (χ0v) is 13.9. The predicted molar refractivity (Wildman–Crippen MR) is 88.4 cm³/mol. The Hall–Kier alpha value is -1.84. The number of hydrogen-bond donors (Lipinski definition) is 1. The van der Waals surface area contributed by atoms with Crippen molar-refractivity contribution in [2.75, 3.05) is 6.61 Å². The molecule has 124 valence electrons. The van der Waals surface area contributed by atoms with Gasteiger partial charge in [0, 0.05) is 0 Å². The Balaban J connectivity index is 0.000000980. The maximum Gasteiger partial charge on any atom is 0.339 e. The van der Waals surface area contributed by atoms with E-state index in [0.717, 1.165) is 25.7 Å². The predicted octanol–water partition coefficient (Wildman–Crippen LogP) is 4.93. The van der Waals surface area contributed by atoms with E-state index in [1.165, 1.54) is 25.0 Å². The average molecular weight is 308 g/mol. The first-order chi connectivity index (χ1) is 10.6. The molecule has 0 bridgehead atoms. The number of rotatable bonds is 8. The Morgan fingerprint density at radius 2 is 1.50 bits per heavy atom. The van der Waals surface area contributed by atoms with E-state index >= 15 is 0 Å². The van der Waals surface area contributed by atoms with Crippen molar-refractivity contribution < 1.29 is 19.4 Å². The molecule has 1 N–H and O–H groups in total. The summed E-state index contributed by atoms with van der Waals surface area (Å²) in [5.74, 6) is -1.68. The fourth-order valence-corrected chi connectivity index (χ4v) is 1.62. The molecule has 0 aromatic heterocycles. The number of carbonyl (C=O) groups excluding carboxylic acids is 1. The van der Waals surface area contributed by atoms with Gasteiger partial charge in [0.25, 0.3) is 0 Å². The van der Waals surface area contributed by atoms with Gasteiger partial charge in [-0.1, -0.05) is 65.0 Å². The number of benzene rings is 1. The SMILES string of the molecule is CCCC.CCCCCCOC(=O)c1ccccc1C(=O)O. The molecule has 1 rings (SSSR count). The van der Waals surface area contributed by atoms with Crippen molar-refractivity contribution in [3.63, 3.8) is 0 Å². The fourth-order valence-electron chi connectivity index (χ4n) is 1.62. The van der Waals surface area contributed by atoms with Gasteiger partial charge in [-0.15, -0.1) is 0 Å². The van der Waals surface area contributed by atoms with Gasteiger partial charge in [0.1, 0.15) is 0 Å². The molecule has 22 heavy (non-hydrogen) atoms. The van der Waals surface area contributed by atoms with E-state index in [0.29, 0.717) is 6.61 Å². The zero-order chi connectivity index (χ0) is 16.8. The molecule has 4 nitrogen and oxygen atoms in total. The van der Waals surface area contributed by atoms with Crippen LogP contribution < -0.4 is 0 Å². The van der Waals surface area contributed by atoms with E-state index < -0.39 is 11.9 Å². The van der Waals surface area contributed by atoms with E-state index in [2.05, 4.69) is 20.8 Å². The van der Waals surface area contributed by atoms with Gasteiger partial charge in [0.05, 0.1) is 17.7 Å². The molecule has 0 unspecified atom stereocenters. The molecule has 0 spiro atoms. The minimum absolute atomic E-state index is 0.0175. The van der Waals surface area contributed by atoms with Crippen molar-refractivity contribution >= 4 is 11.9 Å². The van der Waals surface area contributed by atoms with Crippen molar-refractivity contribution in [2.24, 2.45) is 0 Å². The maximum atomic E-state index is 11.7. The molecule has 0 atom stereocenters. The Morgan fingerprint density at radius 3 is 2.00 bits per heavy atom. The van der Waals surface area contributed by atoms with Gasteiger partial charge in [0.2, 0.25) is 0 Å². The van der Waals surface area contributed by atoms with E-state index in [9.17, 15) is 9.59 Å². The Bertz CT molecular complexity index is 438. The minimum atomic E-state index is -1.12. The van der Waals surface area contributed by atoms with Gasteiger partial charge < -0.3 is 9.84 Å². The van der Waals surface area contributed by atoms with Crippen LogP contribution in [0.1, 0.15) is 80.0 Å². The molecule has 0 amide bonds. The fraction of sp³-hybridized carbons (Fsp3) is 0.556. The first kappa shape index (κ1) is 20.2. The minimum Gasteiger partial charge on any atom is -0.478 e. The molecule has 4 heteroatoms. The second kappa shape index (κ2) is 12.9. The third-order valence-electron chi connectivity index (χ3n) is 3.11. The number of esters is 1. The first-order valence-corrected chi connectivity index (χ1v) is 8.07. The topological polar surface area (TPSA) is 63.6 Å². The molecule has 0 heterocycles. The number of carbonyl (C=O) groups is 2. The van der Waals surface area contributed by atoms with Crippen molar-refractivity contribution in [1.29, 1.82) is 0 Å². The monoisotopic (exact) mass is 308 g/mol. The third kappa shape index (κ3) is 8.45. The quantitative estimate of drug-likeness (QED) is 0.546. The van der Waals surface area contributed by atoms with E-state index in [-0.39, 0.29) is 11.1 Å². The molecule has 0 radical (unpaired) electrons. The van der Waals surface area contributed by atoms with Crippen LogP contribution in [0.3, 0.4) is 0 Å². The number of ether oxygens (including phenoxy) is 1. The second-order valence-electron chi connectivity index (χ2n) is 5.05. The summed E-state index contributed by atoms with van der Waals surface area (Å²) < 4.78 is 5.06. The van der Waals surface area contributed by atoms with E-state index in [1.807, 2.05) is 0 Å². The van der Waals surface area contributed by atoms with Crippen LogP contribution in [0.15, 0.2) is 24.3 Å². The van der Waals surface area contributed by atoms with Gasteiger partial charge in [-0.3, -0.25) is 0 Å². The molecule has 0 saturated heterocycles. The van der Waals surface area contributed by atoms with Crippen LogP contribution in [0.25, 0.3) is 0 Å². The Labute approximate surface area is 133 Å². The summed E-state index contributed by atoms with van der Waals surface area (Å²) in [6.07, 6.45) is 6.71. The van der Waals surface area contributed by atoms with Crippen LogP contribution in [0.4, 0.5) is 0 Å². The number of unbranched alkanes of at least 4 members (excludes halogenated alkanes) is 4. The molecule has 0 aliphatic heterocycles. The number of carboxylic acid groups (broad SMARTS) is 1. The highest BCUT2D eigenvalue weighted by atomic mass is 16.5. The van der Waals surface area contributed by atoms with Crippen molar-refractivity contribution in [1.82, 2.24) is 0 Å². The summed E-state index contributed by atoms with van der Waals surface area (Å²) >= 11 is 0. The molecule has 0 aliphatic rings. The smallest absolute Gasteiger partial charge is 0.339 e. The van der Waals surface area contributed by atoms with Crippen molar-refractivity contribution in [2.45, 2.75) is 59.3 Å². The van der Waals surface area contributed by atoms with Crippen LogP contribution in [0, 0.1) is 0 Å². The standard InChI is InChI=1S/C14H18O4.C4H10/c1-2-3-4-7-10-18-14(17)12-9-6-5-8-11(12)13(15)16;1-3-4-2/h5-6,8-9H,2-4,7,10H2,1H3,(H,15,16);3-4H2,1-2H3. The first-order valence-electron chi connectivity index (χ1n) is 8.07. The third-order valence-corrected chi connectivity index (χ3v) is 3.11. The lowest BCUT2D eigenvalue weighted by molar-refractivity contribution is 0.0487. The van der Waals surface area contributed by atoms with Crippen molar-refractivity contribution in [3.05, 3.63) is 35.4 Å². The highest BCUT2D eigenvalue weighted by Crippen LogP contribution is 2.11. The summed E-state index contributed by atoms with van der Waals surface area (Å²) in [6, 6.07) is 6.08. The van der Waals surface area contributed by atoms with E-state index in [4.69, 9.17) is 9.84 Å². The van der Waals surface area contributed by atoms with Gasteiger partial charge in [-0.25, -0.2) is 9.59 Å². The molecule has 0 saturated carbocycles. The second-order valence-corrected chi connectivity index (χ2v) is 5.05. The van der Waals surface area contributed by atoms with E-state index in [1.54, 1.807) is 12.1 Å². The summed E-state index contributed by atoms with van der Waals surface area (Å²) in [4.78, 5) is 22.7. The maximum absolute atomic E-state index is 11.7. The van der Waals surface area contributed by atoms with Crippen LogP contribution in [-0.4, -0.2) is 23.7 Å². The van der Waals surface area contributed by atoms with Gasteiger partial charge in [-0.2, -0.15) is 0 Å². The molecule has 1 aromatic rings. The number of carboxylic acids is 1. The van der Waals surface area contributed by atoms with Crippen LogP contribution >= 0.6 is 0 Å². The lowest BCUT2D eigenvalue weighted by Gasteiger charge is -2.06. The largest absolute Gasteiger partial charge is 0.478 e. The lowest BCUT2D eigenvalue weighted by atomic mass is 10.1. The Morgan fingerprint density at radius 1 is 0.909 bits per heavy atom. The lowest BCUT2D eigenvalue weighted by Crippen LogP contribution is -2.12. The summed E-state index contributed by atoms with van der Waals surface area (Å²) in [5.41, 5.74) is 0.0940. The van der Waals surface area contributed by atoms with Gasteiger partial charge >= 0.3 is 11.9 Å². The summed E-state index contributed by atoms with van der Waals surface area (Å²) in [7, 11) is 0. The zero-order valence-electron chi connectivity index (χ0n) is 13.9. The van der Waals surface area contributed by atoms with Crippen molar-refractivity contribution in [3.8, 4) is 0 Å². The molecular formula is C18H28O4. The molecule has 1 aromatic carbocycles. The summed E-state index contributed by atoms with van der Waals surface area (Å²) in [5, 5.41) is 8.95. The normalized spacial score (nSPS) is 9.59. The Kier molecular flexibility index (Phi) is 11.8. The number of aromatic carboxylic acids is 1.